The van der Waals surface area contributed by atoms with Gasteiger partial charge in [0, 0.05) is 0 Å². The number of nitrogens with one attached hydrogen (secondary N) is 2. The van der Waals surface area contributed by atoms with Gasteiger partial charge in [-0.2, -0.15) is 5.48 Å². The number of hydrogen-bond donors (Lipinski definition) is 2. The van der Waals surface area contributed by atoms with Gasteiger partial charge in [0.1, 0.15) is 6.73 Å². The van der Waals surface area contributed by atoms with Crippen molar-refractivity contribution in [2.45, 2.75) is 13.1 Å². The van der Waals surface area contributed by atoms with Crippen molar-refractivity contribution >= 4 is 0 Å². The maximum absolute atomic E-state index is 4.70. The average Bonchev–Trinajstić information content (AvgIpc) is 1.86. The lowest BCUT2D eigenvalue weighted by molar-refractivity contribution is 0.0896. The van der Waals surface area contributed by atoms with Crippen molar-refractivity contribution in [1.82, 2.24) is 10.8 Å². The molecule has 0 aromatic heterocycles. The first kappa shape index (κ1) is 4.05. The molecule has 1 atom stereocenters. The first-order valence-corrected chi connectivity index (χ1v) is 2.00. The second-order valence-electron chi connectivity index (χ2n) is 1.33. The Hall–Kier alpha value is -0.120. The third-order valence-corrected chi connectivity index (χ3v) is 0.722. The van der Waals surface area contributed by atoms with Crippen molar-refractivity contribution in [1.29, 1.82) is 0 Å². The van der Waals surface area contributed by atoms with Crippen molar-refractivity contribution in [2.24, 2.45) is 0 Å². The summed E-state index contributed by atoms with van der Waals surface area (Å²) in [6.07, 6.45) is 0.324. The Morgan fingerprint density at radius 1 is 1.83 bits per heavy atom. The van der Waals surface area contributed by atoms with E-state index in [1.54, 1.807) is 0 Å². The van der Waals surface area contributed by atoms with Gasteiger partial charge in [-0.1, -0.05) is 0 Å². The Morgan fingerprint density at radius 2 is 2.67 bits per heavy atom. The third kappa shape index (κ3) is 0.680. The van der Waals surface area contributed by atoms with E-state index in [0.29, 0.717) is 12.9 Å². The average molecular weight is 88.1 g/mol. The predicted molar refractivity (Wildman–Crippen MR) is 21.7 cm³/mol. The lowest BCUT2D eigenvalue weighted by Crippen LogP contribution is -2.25. The zero-order chi connectivity index (χ0) is 4.41. The van der Waals surface area contributed by atoms with Gasteiger partial charge in [0.15, 0.2) is 0 Å². The van der Waals surface area contributed by atoms with Crippen LogP contribution >= 0.6 is 0 Å². The maximum atomic E-state index is 4.70. The Labute approximate surface area is 36.6 Å². The van der Waals surface area contributed by atoms with Gasteiger partial charge in [0.2, 0.25) is 0 Å². The Balaban J connectivity index is 2.18. The van der Waals surface area contributed by atoms with Gasteiger partial charge in [-0.25, -0.2) is 0 Å². The van der Waals surface area contributed by atoms with Crippen LogP contribution in [0, 0.1) is 0 Å². The van der Waals surface area contributed by atoms with E-state index < -0.39 is 0 Å². The van der Waals surface area contributed by atoms with E-state index in [0.717, 1.165) is 0 Å². The maximum Gasteiger partial charge on any atom is 0.120 e. The summed E-state index contributed by atoms with van der Waals surface area (Å²) >= 11 is 0. The zero-order valence-electron chi connectivity index (χ0n) is 3.69. The summed E-state index contributed by atoms with van der Waals surface area (Å²) in [5.74, 6) is 0. The van der Waals surface area contributed by atoms with Crippen LogP contribution in [-0.4, -0.2) is 12.9 Å². The molecule has 1 heterocycles. The lowest BCUT2D eigenvalue weighted by Gasteiger charge is -1.93. The molecule has 1 saturated heterocycles. The van der Waals surface area contributed by atoms with E-state index in [1.807, 2.05) is 6.92 Å². The SMILES string of the molecule is CC1NCON1. The van der Waals surface area contributed by atoms with E-state index >= 15 is 0 Å². The highest BCUT2D eigenvalue weighted by molar-refractivity contribution is 4.50. The first-order valence-electron chi connectivity index (χ1n) is 2.00. The molecule has 3 nitrogen and oxygen atoms in total. The van der Waals surface area contributed by atoms with Gasteiger partial charge in [-0.05, 0) is 6.92 Å². The van der Waals surface area contributed by atoms with E-state index in [9.17, 15) is 0 Å². The summed E-state index contributed by atoms with van der Waals surface area (Å²) in [5.41, 5.74) is 2.71. The summed E-state index contributed by atoms with van der Waals surface area (Å²) in [4.78, 5) is 4.70. The quantitative estimate of drug-likeness (QED) is 0.415. The Kier molecular flexibility index (Phi) is 1.05. The van der Waals surface area contributed by atoms with E-state index in [-0.39, 0.29) is 0 Å². The summed E-state index contributed by atoms with van der Waals surface area (Å²) in [7, 11) is 0. The highest BCUT2D eigenvalue weighted by Gasteiger charge is 2.04. The molecule has 1 aliphatic heterocycles. The molecule has 0 bridgehead atoms. The molecule has 0 amide bonds. The van der Waals surface area contributed by atoms with Crippen LogP contribution in [-0.2, 0) is 4.84 Å². The van der Waals surface area contributed by atoms with Crippen LogP contribution in [0.4, 0.5) is 0 Å². The lowest BCUT2D eigenvalue weighted by atomic mass is 10.6. The Morgan fingerprint density at radius 3 is 2.83 bits per heavy atom. The van der Waals surface area contributed by atoms with Crippen LogP contribution in [0.15, 0.2) is 0 Å². The van der Waals surface area contributed by atoms with E-state index in [4.69, 9.17) is 4.84 Å². The third-order valence-electron chi connectivity index (χ3n) is 0.722. The van der Waals surface area contributed by atoms with Crippen LogP contribution in [0.5, 0.6) is 0 Å². The molecule has 2 N–H and O–H groups in total. The smallest absolute Gasteiger partial charge is 0.120 e. The largest absolute Gasteiger partial charge is 0.285 e. The molecule has 3 heteroatoms. The van der Waals surface area contributed by atoms with Crippen LogP contribution < -0.4 is 10.8 Å². The number of hydroxylamine groups is 1. The molecule has 0 aromatic carbocycles. The molecule has 0 spiro atoms. The van der Waals surface area contributed by atoms with Crippen molar-refractivity contribution in [2.75, 3.05) is 6.73 Å². The summed E-state index contributed by atoms with van der Waals surface area (Å²) in [6, 6.07) is 0. The fourth-order valence-electron chi connectivity index (χ4n) is 0.375. The van der Waals surface area contributed by atoms with E-state index in [1.165, 1.54) is 0 Å². The molecule has 0 saturated carbocycles. The second-order valence-corrected chi connectivity index (χ2v) is 1.33. The van der Waals surface area contributed by atoms with Gasteiger partial charge < -0.3 is 0 Å². The molecule has 1 fully saturated rings. The predicted octanol–water partition coefficient (Wildman–Crippen LogP) is -0.586. The fourth-order valence-corrected chi connectivity index (χ4v) is 0.375. The van der Waals surface area contributed by atoms with Crippen molar-refractivity contribution < 1.29 is 4.84 Å². The van der Waals surface area contributed by atoms with Crippen molar-refractivity contribution in [3.8, 4) is 0 Å². The molecular formula is C3H8N2O. The molecule has 0 radical (unpaired) electrons. The molecular weight excluding hydrogens is 80.0 g/mol. The van der Waals surface area contributed by atoms with E-state index in [2.05, 4.69) is 10.8 Å². The van der Waals surface area contributed by atoms with Crippen LogP contribution in [0.3, 0.4) is 0 Å². The standard InChI is InChI=1S/C3H8N2O/c1-3-4-2-6-5-3/h3-5H,2H2,1H3. The summed E-state index contributed by atoms with van der Waals surface area (Å²) in [5, 5.41) is 2.99. The molecule has 1 aliphatic rings. The highest BCUT2D eigenvalue weighted by Crippen LogP contribution is 1.80. The summed E-state index contributed by atoms with van der Waals surface area (Å²) < 4.78 is 0. The molecule has 1 rings (SSSR count). The van der Waals surface area contributed by atoms with Gasteiger partial charge in [0.25, 0.3) is 0 Å². The Bertz CT molecular complexity index is 42.1. The van der Waals surface area contributed by atoms with Gasteiger partial charge >= 0.3 is 0 Å². The molecule has 6 heavy (non-hydrogen) atoms. The van der Waals surface area contributed by atoms with Crippen molar-refractivity contribution in [3.63, 3.8) is 0 Å². The topological polar surface area (TPSA) is 33.3 Å². The normalized spacial score (nSPS) is 34.5. The minimum Gasteiger partial charge on any atom is -0.285 e. The van der Waals surface area contributed by atoms with Crippen LogP contribution in [0.25, 0.3) is 0 Å². The van der Waals surface area contributed by atoms with Crippen molar-refractivity contribution in [3.05, 3.63) is 0 Å². The minimum atomic E-state index is 0.324. The van der Waals surface area contributed by atoms with Crippen LogP contribution in [0.1, 0.15) is 6.92 Å². The molecule has 0 aliphatic carbocycles. The molecule has 36 valence electrons. The zero-order valence-corrected chi connectivity index (χ0v) is 3.69. The fraction of sp³-hybridized carbons (Fsp3) is 1.00. The highest BCUT2D eigenvalue weighted by atomic mass is 16.7. The number of hydrogen-bond acceptors (Lipinski definition) is 3. The first-order chi connectivity index (χ1) is 2.89. The number of rotatable bonds is 0. The van der Waals surface area contributed by atoms with Gasteiger partial charge in [-0.3, -0.25) is 10.2 Å². The summed E-state index contributed by atoms with van der Waals surface area (Å²) in [6.45, 7) is 2.62. The monoisotopic (exact) mass is 88.1 g/mol. The minimum absolute atomic E-state index is 0.324. The van der Waals surface area contributed by atoms with Gasteiger partial charge in [-0.15, -0.1) is 0 Å². The molecule has 1 unspecified atom stereocenters. The second kappa shape index (κ2) is 1.55. The van der Waals surface area contributed by atoms with Crippen LogP contribution in [0.2, 0.25) is 0 Å². The molecule has 0 aromatic rings. The van der Waals surface area contributed by atoms with Gasteiger partial charge in [0.05, 0.1) is 6.17 Å².